The van der Waals surface area contributed by atoms with Gasteiger partial charge in [-0.15, -0.1) is 11.3 Å². The number of thiazole rings is 1. The molecule has 0 amide bonds. The Labute approximate surface area is 122 Å². The average Bonchev–Trinajstić information content (AvgIpc) is 2.89. The van der Waals surface area contributed by atoms with Crippen LogP contribution < -0.4 is 0 Å². The summed E-state index contributed by atoms with van der Waals surface area (Å²) < 4.78 is 13.8. The normalized spacial score (nSPS) is 10.6. The van der Waals surface area contributed by atoms with E-state index in [0.717, 1.165) is 26.3 Å². The Morgan fingerprint density at radius 1 is 1.05 bits per heavy atom. The Morgan fingerprint density at radius 3 is 2.58 bits per heavy atom. The molecule has 0 bridgehead atoms. The molecule has 0 atom stereocenters. The maximum Gasteiger partial charge on any atom is 0.125 e. The first kappa shape index (κ1) is 12.5. The lowest BCUT2D eigenvalue weighted by Crippen LogP contribution is -1.82. The van der Waals surface area contributed by atoms with Gasteiger partial charge in [0, 0.05) is 21.0 Å². The van der Waals surface area contributed by atoms with Crippen LogP contribution in [0.4, 0.5) is 4.39 Å². The zero-order valence-corrected chi connectivity index (χ0v) is 12.2. The van der Waals surface area contributed by atoms with Gasteiger partial charge in [0.05, 0.1) is 5.69 Å². The van der Waals surface area contributed by atoms with Crippen LogP contribution >= 0.6 is 27.3 Å². The third-order valence-corrected chi connectivity index (χ3v) is 4.27. The van der Waals surface area contributed by atoms with E-state index in [9.17, 15) is 4.39 Å². The Kier molecular flexibility index (Phi) is 3.44. The zero-order chi connectivity index (χ0) is 13.2. The summed E-state index contributed by atoms with van der Waals surface area (Å²) in [7, 11) is 0. The van der Waals surface area contributed by atoms with Crippen LogP contribution in [0.1, 0.15) is 0 Å². The molecule has 19 heavy (non-hydrogen) atoms. The van der Waals surface area contributed by atoms with Crippen molar-refractivity contribution < 1.29 is 4.39 Å². The fourth-order valence-electron chi connectivity index (χ4n) is 1.80. The summed E-state index contributed by atoms with van der Waals surface area (Å²) in [5.41, 5.74) is 2.94. The first-order valence-corrected chi connectivity index (χ1v) is 7.38. The van der Waals surface area contributed by atoms with Crippen LogP contribution in [-0.2, 0) is 0 Å². The summed E-state index contributed by atoms with van der Waals surface area (Å²) in [5.74, 6) is -0.254. The first-order valence-electron chi connectivity index (χ1n) is 5.70. The summed E-state index contributed by atoms with van der Waals surface area (Å²) in [5, 5.41) is 2.89. The summed E-state index contributed by atoms with van der Waals surface area (Å²) in [6.45, 7) is 0. The highest BCUT2D eigenvalue weighted by Gasteiger charge is 2.10. The third-order valence-electron chi connectivity index (χ3n) is 2.74. The quantitative estimate of drug-likeness (QED) is 0.613. The van der Waals surface area contributed by atoms with Gasteiger partial charge >= 0.3 is 0 Å². The molecule has 0 aliphatic rings. The van der Waals surface area contributed by atoms with E-state index in [1.54, 1.807) is 17.4 Å². The average molecular weight is 334 g/mol. The Morgan fingerprint density at radius 2 is 1.84 bits per heavy atom. The van der Waals surface area contributed by atoms with Crippen LogP contribution in [0.15, 0.2) is 58.4 Å². The van der Waals surface area contributed by atoms with Crippen molar-refractivity contribution in [3.8, 4) is 21.8 Å². The minimum absolute atomic E-state index is 0.254. The van der Waals surface area contributed by atoms with Crippen LogP contribution in [0.25, 0.3) is 21.8 Å². The number of rotatable bonds is 2. The molecule has 2 aromatic carbocycles. The van der Waals surface area contributed by atoms with Gasteiger partial charge in [0.1, 0.15) is 10.8 Å². The van der Waals surface area contributed by atoms with Gasteiger partial charge in [-0.1, -0.05) is 30.3 Å². The number of hydrogen-bond acceptors (Lipinski definition) is 2. The summed E-state index contributed by atoms with van der Waals surface area (Å²) >= 11 is 4.93. The summed E-state index contributed by atoms with van der Waals surface area (Å²) in [4.78, 5) is 4.61. The lowest BCUT2D eigenvalue weighted by Gasteiger charge is -2.00. The largest absolute Gasteiger partial charge is 0.236 e. The van der Waals surface area contributed by atoms with E-state index in [1.807, 2.05) is 35.7 Å². The van der Waals surface area contributed by atoms with Crippen molar-refractivity contribution in [2.24, 2.45) is 0 Å². The molecular formula is C15H9BrFNS. The van der Waals surface area contributed by atoms with E-state index in [-0.39, 0.29) is 5.82 Å². The molecular weight excluding hydrogens is 325 g/mol. The summed E-state index contributed by atoms with van der Waals surface area (Å²) in [6.07, 6.45) is 0. The van der Waals surface area contributed by atoms with E-state index in [1.165, 1.54) is 12.1 Å². The van der Waals surface area contributed by atoms with Crippen molar-refractivity contribution in [1.29, 1.82) is 0 Å². The number of aromatic nitrogens is 1. The van der Waals surface area contributed by atoms with Crippen LogP contribution in [0.2, 0.25) is 0 Å². The van der Waals surface area contributed by atoms with Crippen molar-refractivity contribution in [1.82, 2.24) is 4.98 Å². The van der Waals surface area contributed by atoms with Crippen molar-refractivity contribution in [2.75, 3.05) is 0 Å². The number of benzene rings is 2. The minimum Gasteiger partial charge on any atom is -0.236 e. The van der Waals surface area contributed by atoms with Gasteiger partial charge in [-0.3, -0.25) is 0 Å². The lowest BCUT2D eigenvalue weighted by atomic mass is 10.2. The molecule has 1 heterocycles. The number of hydrogen-bond donors (Lipinski definition) is 0. The smallest absolute Gasteiger partial charge is 0.125 e. The van der Waals surface area contributed by atoms with Crippen molar-refractivity contribution in [2.45, 2.75) is 0 Å². The van der Waals surface area contributed by atoms with Crippen LogP contribution in [0.3, 0.4) is 0 Å². The SMILES string of the molecule is Fc1ccc(-c2nc(-c3ccccc3)cs2)c(Br)c1. The molecule has 3 aromatic rings. The molecule has 0 aliphatic heterocycles. The predicted octanol–water partition coefficient (Wildman–Crippen LogP) is 5.38. The second-order valence-corrected chi connectivity index (χ2v) is 5.74. The van der Waals surface area contributed by atoms with Gasteiger partial charge in [-0.25, -0.2) is 9.37 Å². The highest BCUT2D eigenvalue weighted by molar-refractivity contribution is 9.10. The Balaban J connectivity index is 2.02. The van der Waals surface area contributed by atoms with E-state index < -0.39 is 0 Å². The molecule has 0 saturated heterocycles. The van der Waals surface area contributed by atoms with Gasteiger partial charge < -0.3 is 0 Å². The second kappa shape index (κ2) is 5.23. The van der Waals surface area contributed by atoms with Crippen molar-refractivity contribution in [3.05, 3.63) is 64.2 Å². The molecule has 0 unspecified atom stereocenters. The lowest BCUT2D eigenvalue weighted by molar-refractivity contribution is 0.627. The van der Waals surface area contributed by atoms with Gasteiger partial charge in [-0.05, 0) is 34.1 Å². The van der Waals surface area contributed by atoms with Gasteiger partial charge in [0.15, 0.2) is 0 Å². The maximum atomic E-state index is 13.1. The molecule has 1 aromatic heterocycles. The summed E-state index contributed by atoms with van der Waals surface area (Å²) in [6, 6.07) is 14.7. The molecule has 0 N–H and O–H groups in total. The van der Waals surface area contributed by atoms with Crippen LogP contribution in [0, 0.1) is 5.82 Å². The maximum absolute atomic E-state index is 13.1. The molecule has 0 fully saturated rings. The fraction of sp³-hybridized carbons (Fsp3) is 0. The highest BCUT2D eigenvalue weighted by atomic mass is 79.9. The third kappa shape index (κ3) is 2.60. The van der Waals surface area contributed by atoms with E-state index in [0.29, 0.717) is 0 Å². The molecule has 94 valence electrons. The van der Waals surface area contributed by atoms with Crippen LogP contribution in [-0.4, -0.2) is 4.98 Å². The van der Waals surface area contributed by atoms with Gasteiger partial charge in [0.25, 0.3) is 0 Å². The number of halogens is 2. The van der Waals surface area contributed by atoms with E-state index in [4.69, 9.17) is 0 Å². The van der Waals surface area contributed by atoms with E-state index in [2.05, 4.69) is 20.9 Å². The highest BCUT2D eigenvalue weighted by Crippen LogP contribution is 2.33. The van der Waals surface area contributed by atoms with Crippen molar-refractivity contribution in [3.63, 3.8) is 0 Å². The molecule has 3 rings (SSSR count). The molecule has 0 aliphatic carbocycles. The zero-order valence-electron chi connectivity index (χ0n) is 9.81. The molecule has 0 saturated carbocycles. The second-order valence-electron chi connectivity index (χ2n) is 4.03. The fourth-order valence-corrected chi connectivity index (χ4v) is 3.34. The van der Waals surface area contributed by atoms with E-state index >= 15 is 0 Å². The van der Waals surface area contributed by atoms with Gasteiger partial charge in [-0.2, -0.15) is 0 Å². The van der Waals surface area contributed by atoms with Crippen molar-refractivity contribution >= 4 is 27.3 Å². The molecule has 1 nitrogen and oxygen atoms in total. The monoisotopic (exact) mass is 333 g/mol. The topological polar surface area (TPSA) is 12.9 Å². The minimum atomic E-state index is -0.254. The predicted molar refractivity (Wildman–Crippen MR) is 80.6 cm³/mol. The molecule has 4 heteroatoms. The van der Waals surface area contributed by atoms with Gasteiger partial charge in [0.2, 0.25) is 0 Å². The van der Waals surface area contributed by atoms with Crippen LogP contribution in [0.5, 0.6) is 0 Å². The Hall–Kier alpha value is -1.52. The standard InChI is InChI=1S/C15H9BrFNS/c16-13-8-11(17)6-7-12(13)15-18-14(9-19-15)10-4-2-1-3-5-10/h1-9H. The molecule has 0 spiro atoms. The first-order chi connectivity index (χ1) is 9.24. The number of nitrogens with zero attached hydrogens (tertiary/aromatic N) is 1. The Bertz CT molecular complexity index is 709. The molecule has 0 radical (unpaired) electrons.